The van der Waals surface area contributed by atoms with Crippen molar-refractivity contribution in [3.8, 4) is 5.75 Å². The van der Waals surface area contributed by atoms with Gasteiger partial charge in [-0.25, -0.2) is 8.42 Å². The molecule has 22 heavy (non-hydrogen) atoms. The molecule has 0 bridgehead atoms. The molecule has 1 aliphatic rings. The number of hydrogen-bond donors (Lipinski definition) is 0. The standard InChI is InChI=1S/C15H22N2O4S/c1-12-10-16(2)7-8-17(12)15(18)11-21-13-5-4-6-14(9-13)22(3,19)20/h4-6,9,12H,7-8,10-11H2,1-3H3. The monoisotopic (exact) mass is 326 g/mol. The highest BCUT2D eigenvalue weighted by molar-refractivity contribution is 7.90. The first-order valence-corrected chi connectivity index (χ1v) is 9.07. The molecule has 6 nitrogen and oxygen atoms in total. The van der Waals surface area contributed by atoms with Gasteiger partial charge in [-0.15, -0.1) is 0 Å². The van der Waals surface area contributed by atoms with Crippen LogP contribution in [0.4, 0.5) is 0 Å². The molecule has 1 unspecified atom stereocenters. The maximum Gasteiger partial charge on any atom is 0.260 e. The molecular weight excluding hydrogens is 304 g/mol. The minimum absolute atomic E-state index is 0.0784. The summed E-state index contributed by atoms with van der Waals surface area (Å²) in [7, 11) is -1.25. The molecule has 1 aliphatic heterocycles. The molecular formula is C15H22N2O4S. The number of carbonyl (C=O) groups is 1. The molecule has 0 N–H and O–H groups in total. The van der Waals surface area contributed by atoms with Crippen LogP contribution in [0.5, 0.6) is 5.75 Å². The largest absolute Gasteiger partial charge is 0.484 e. The number of piperazine rings is 1. The average Bonchev–Trinajstić information content (AvgIpc) is 2.44. The number of amides is 1. The summed E-state index contributed by atoms with van der Waals surface area (Å²) in [5, 5.41) is 0. The van der Waals surface area contributed by atoms with Crippen LogP contribution in [0.1, 0.15) is 6.92 Å². The van der Waals surface area contributed by atoms with Gasteiger partial charge in [0.05, 0.1) is 4.90 Å². The van der Waals surface area contributed by atoms with Crippen molar-refractivity contribution in [1.29, 1.82) is 0 Å². The average molecular weight is 326 g/mol. The third-order valence-corrected chi connectivity index (χ3v) is 4.86. The fourth-order valence-corrected chi connectivity index (χ4v) is 3.19. The van der Waals surface area contributed by atoms with Crippen LogP contribution in [0, 0.1) is 0 Å². The van der Waals surface area contributed by atoms with Gasteiger partial charge in [0.25, 0.3) is 5.91 Å². The Morgan fingerprint density at radius 2 is 2.09 bits per heavy atom. The Labute approximate surface area is 131 Å². The van der Waals surface area contributed by atoms with Crippen molar-refractivity contribution in [3.05, 3.63) is 24.3 Å². The fraction of sp³-hybridized carbons (Fsp3) is 0.533. The molecule has 1 aromatic carbocycles. The molecule has 122 valence electrons. The molecule has 0 aliphatic carbocycles. The number of sulfone groups is 1. The second-order valence-corrected chi connectivity index (χ2v) is 7.75. The van der Waals surface area contributed by atoms with Crippen molar-refractivity contribution in [2.24, 2.45) is 0 Å². The second-order valence-electron chi connectivity index (χ2n) is 5.73. The van der Waals surface area contributed by atoms with E-state index in [1.54, 1.807) is 17.0 Å². The van der Waals surface area contributed by atoms with Crippen molar-refractivity contribution in [2.75, 3.05) is 39.5 Å². The normalized spacial score (nSPS) is 20.0. The Bertz CT molecular complexity index is 645. The lowest BCUT2D eigenvalue weighted by Crippen LogP contribution is -2.53. The van der Waals surface area contributed by atoms with Crippen LogP contribution in [-0.4, -0.2) is 69.7 Å². The molecule has 0 radical (unpaired) electrons. The van der Waals surface area contributed by atoms with Crippen LogP contribution in [0.15, 0.2) is 29.2 Å². The first-order chi connectivity index (χ1) is 10.3. The van der Waals surface area contributed by atoms with Crippen LogP contribution >= 0.6 is 0 Å². The minimum atomic E-state index is -3.28. The van der Waals surface area contributed by atoms with Crippen LogP contribution in [0.3, 0.4) is 0 Å². The first-order valence-electron chi connectivity index (χ1n) is 7.18. The predicted octanol–water partition coefficient (Wildman–Crippen LogP) is 0.631. The minimum Gasteiger partial charge on any atom is -0.484 e. The van der Waals surface area contributed by atoms with Gasteiger partial charge in [-0.05, 0) is 32.2 Å². The van der Waals surface area contributed by atoms with E-state index < -0.39 is 9.84 Å². The van der Waals surface area contributed by atoms with Gasteiger partial charge in [-0.3, -0.25) is 4.79 Å². The zero-order valence-corrected chi connectivity index (χ0v) is 14.0. The van der Waals surface area contributed by atoms with Gasteiger partial charge in [-0.2, -0.15) is 0 Å². The predicted molar refractivity (Wildman–Crippen MR) is 83.7 cm³/mol. The fourth-order valence-electron chi connectivity index (χ4n) is 2.53. The summed E-state index contributed by atoms with van der Waals surface area (Å²) in [5.74, 6) is 0.309. The lowest BCUT2D eigenvalue weighted by molar-refractivity contribution is -0.137. The first kappa shape index (κ1) is 16.8. The number of benzene rings is 1. The number of hydrogen-bond acceptors (Lipinski definition) is 5. The lowest BCUT2D eigenvalue weighted by atomic mass is 10.2. The second kappa shape index (κ2) is 6.66. The van der Waals surface area contributed by atoms with Crippen molar-refractivity contribution in [3.63, 3.8) is 0 Å². The topological polar surface area (TPSA) is 66.9 Å². The van der Waals surface area contributed by atoms with E-state index >= 15 is 0 Å². The Kier molecular flexibility index (Phi) is 5.08. The molecule has 1 fully saturated rings. The SMILES string of the molecule is CC1CN(C)CCN1C(=O)COc1cccc(S(C)(=O)=O)c1. The van der Waals surface area contributed by atoms with E-state index in [0.717, 1.165) is 19.3 Å². The van der Waals surface area contributed by atoms with Gasteiger partial charge in [0, 0.05) is 31.9 Å². The molecule has 0 saturated carbocycles. The Balaban J connectivity index is 1.97. The molecule has 7 heteroatoms. The van der Waals surface area contributed by atoms with E-state index in [0.29, 0.717) is 12.3 Å². The highest BCUT2D eigenvalue weighted by Gasteiger charge is 2.25. The summed E-state index contributed by atoms with van der Waals surface area (Å²) in [6.45, 7) is 4.30. The van der Waals surface area contributed by atoms with Crippen molar-refractivity contribution >= 4 is 15.7 Å². The molecule has 0 aromatic heterocycles. The van der Waals surface area contributed by atoms with E-state index in [9.17, 15) is 13.2 Å². The number of rotatable bonds is 4. The number of likely N-dealkylation sites (N-methyl/N-ethyl adjacent to an activating group) is 1. The van der Waals surface area contributed by atoms with Crippen molar-refractivity contribution in [2.45, 2.75) is 17.9 Å². The van der Waals surface area contributed by atoms with E-state index in [1.165, 1.54) is 12.1 Å². The van der Waals surface area contributed by atoms with Gasteiger partial charge in [0.1, 0.15) is 5.75 Å². The van der Waals surface area contributed by atoms with Crippen LogP contribution < -0.4 is 4.74 Å². The Morgan fingerprint density at radius 3 is 2.73 bits per heavy atom. The molecule has 2 rings (SSSR count). The van der Waals surface area contributed by atoms with Crippen molar-refractivity contribution < 1.29 is 17.9 Å². The van der Waals surface area contributed by atoms with Crippen LogP contribution in [-0.2, 0) is 14.6 Å². The van der Waals surface area contributed by atoms with Crippen LogP contribution in [0.25, 0.3) is 0 Å². The zero-order chi connectivity index (χ0) is 16.3. The molecule has 1 saturated heterocycles. The van der Waals surface area contributed by atoms with E-state index in [4.69, 9.17) is 4.74 Å². The lowest BCUT2D eigenvalue weighted by Gasteiger charge is -2.38. The van der Waals surface area contributed by atoms with E-state index in [1.807, 2.05) is 14.0 Å². The molecule has 1 heterocycles. The highest BCUT2D eigenvalue weighted by Crippen LogP contribution is 2.17. The molecule has 0 spiro atoms. The zero-order valence-electron chi connectivity index (χ0n) is 13.2. The maximum atomic E-state index is 12.2. The van der Waals surface area contributed by atoms with Gasteiger partial charge in [0.15, 0.2) is 16.4 Å². The summed E-state index contributed by atoms with van der Waals surface area (Å²) in [6, 6.07) is 6.35. The number of carbonyl (C=O) groups excluding carboxylic acids is 1. The van der Waals surface area contributed by atoms with Gasteiger partial charge in [-0.1, -0.05) is 6.07 Å². The maximum absolute atomic E-state index is 12.2. The third-order valence-electron chi connectivity index (χ3n) is 3.75. The molecule has 1 atom stereocenters. The summed E-state index contributed by atoms with van der Waals surface area (Å²) in [6.07, 6.45) is 1.14. The summed E-state index contributed by atoms with van der Waals surface area (Å²) in [4.78, 5) is 16.4. The van der Waals surface area contributed by atoms with Crippen LogP contribution in [0.2, 0.25) is 0 Å². The molecule has 1 aromatic rings. The quantitative estimate of drug-likeness (QED) is 0.812. The van der Waals surface area contributed by atoms with Gasteiger partial charge >= 0.3 is 0 Å². The smallest absolute Gasteiger partial charge is 0.260 e. The Morgan fingerprint density at radius 1 is 1.36 bits per heavy atom. The third kappa shape index (κ3) is 4.20. The van der Waals surface area contributed by atoms with Gasteiger partial charge in [0.2, 0.25) is 0 Å². The summed E-state index contributed by atoms with van der Waals surface area (Å²) < 4.78 is 28.5. The number of ether oxygens (including phenoxy) is 1. The Hall–Kier alpha value is -1.60. The highest BCUT2D eigenvalue weighted by atomic mass is 32.2. The van der Waals surface area contributed by atoms with Gasteiger partial charge < -0.3 is 14.5 Å². The van der Waals surface area contributed by atoms with Crippen molar-refractivity contribution in [1.82, 2.24) is 9.80 Å². The summed E-state index contributed by atoms with van der Waals surface area (Å²) >= 11 is 0. The van der Waals surface area contributed by atoms with E-state index in [2.05, 4.69) is 4.90 Å². The summed E-state index contributed by atoms with van der Waals surface area (Å²) in [5.41, 5.74) is 0. The van der Waals surface area contributed by atoms with E-state index in [-0.39, 0.29) is 23.5 Å². The molecule has 1 amide bonds. The number of nitrogens with zero attached hydrogens (tertiary/aromatic N) is 2.